The zero-order chi connectivity index (χ0) is 11.2. The fourth-order valence-electron chi connectivity index (χ4n) is 3.66. The van der Waals surface area contributed by atoms with E-state index in [0.29, 0.717) is 0 Å². The number of rotatable bonds is 4. The maximum Gasteiger partial charge on any atom is -0.0203 e. The monoisotopic (exact) mass is 220 g/mol. The molecule has 0 nitrogen and oxygen atoms in total. The topological polar surface area (TPSA) is 0 Å². The molecule has 1 saturated carbocycles. The molecule has 1 unspecified atom stereocenters. The van der Waals surface area contributed by atoms with Crippen molar-refractivity contribution in [2.75, 3.05) is 0 Å². The highest BCUT2D eigenvalue weighted by molar-refractivity contribution is 5.11. The molecule has 0 saturated heterocycles. The van der Waals surface area contributed by atoms with E-state index in [1.54, 1.807) is 0 Å². The highest BCUT2D eigenvalue weighted by atomic mass is 14.3. The Bertz CT molecular complexity index is 220. The minimum Gasteiger partial charge on any atom is -0.0850 e. The maximum atomic E-state index is 2.60. The van der Waals surface area contributed by atoms with Crippen molar-refractivity contribution in [2.45, 2.75) is 77.6 Å². The molecule has 0 amide bonds. The number of allylic oxidation sites excluding steroid dienone is 2. The van der Waals surface area contributed by atoms with Crippen molar-refractivity contribution >= 4 is 0 Å². The van der Waals surface area contributed by atoms with E-state index in [9.17, 15) is 0 Å². The van der Waals surface area contributed by atoms with E-state index in [2.05, 4.69) is 13.0 Å². The summed E-state index contributed by atoms with van der Waals surface area (Å²) in [6.07, 6.45) is 18.6. The van der Waals surface area contributed by atoms with Crippen LogP contribution in [0.2, 0.25) is 0 Å². The first-order valence-corrected chi connectivity index (χ1v) is 7.59. The van der Waals surface area contributed by atoms with E-state index in [-0.39, 0.29) is 0 Å². The molecule has 92 valence electrons. The lowest BCUT2D eigenvalue weighted by molar-refractivity contribution is 0.334. The summed E-state index contributed by atoms with van der Waals surface area (Å²) in [5.41, 5.74) is 1.85. The Morgan fingerprint density at radius 2 is 1.88 bits per heavy atom. The van der Waals surface area contributed by atoms with Crippen molar-refractivity contribution in [3.63, 3.8) is 0 Å². The van der Waals surface area contributed by atoms with E-state index < -0.39 is 0 Å². The molecule has 0 aromatic rings. The Morgan fingerprint density at radius 3 is 2.62 bits per heavy atom. The molecule has 0 N–H and O–H groups in total. The molecular formula is C16H28. The van der Waals surface area contributed by atoms with Crippen LogP contribution in [0, 0.1) is 11.8 Å². The second-order valence-corrected chi connectivity index (χ2v) is 5.90. The van der Waals surface area contributed by atoms with Gasteiger partial charge in [-0.25, -0.2) is 0 Å². The molecule has 0 bridgehead atoms. The van der Waals surface area contributed by atoms with Crippen molar-refractivity contribution in [3.05, 3.63) is 11.6 Å². The Hall–Kier alpha value is -0.260. The van der Waals surface area contributed by atoms with Gasteiger partial charge in [-0.3, -0.25) is 0 Å². The lowest BCUT2D eigenvalue weighted by atomic mass is 9.77. The Kier molecular flexibility index (Phi) is 4.93. The van der Waals surface area contributed by atoms with Crippen molar-refractivity contribution in [2.24, 2.45) is 11.8 Å². The van der Waals surface area contributed by atoms with E-state index in [1.165, 1.54) is 70.6 Å². The molecule has 2 aliphatic carbocycles. The molecule has 2 aliphatic rings. The summed E-state index contributed by atoms with van der Waals surface area (Å²) >= 11 is 0. The van der Waals surface area contributed by atoms with Gasteiger partial charge >= 0.3 is 0 Å². The molecule has 0 spiro atoms. The van der Waals surface area contributed by atoms with Gasteiger partial charge in [-0.15, -0.1) is 0 Å². The molecule has 0 aliphatic heterocycles. The van der Waals surface area contributed by atoms with Gasteiger partial charge in [0, 0.05) is 0 Å². The lowest BCUT2D eigenvalue weighted by Gasteiger charge is -2.29. The second kappa shape index (κ2) is 6.47. The molecule has 1 atom stereocenters. The van der Waals surface area contributed by atoms with Crippen LogP contribution in [0.25, 0.3) is 0 Å². The highest BCUT2D eigenvalue weighted by Gasteiger charge is 2.21. The smallest absolute Gasteiger partial charge is 0.0203 e. The van der Waals surface area contributed by atoms with Gasteiger partial charge in [0.05, 0.1) is 0 Å². The van der Waals surface area contributed by atoms with Gasteiger partial charge in [0.2, 0.25) is 0 Å². The summed E-state index contributed by atoms with van der Waals surface area (Å²) in [4.78, 5) is 0. The molecule has 0 aromatic carbocycles. The summed E-state index contributed by atoms with van der Waals surface area (Å²) in [5.74, 6) is 2.00. The molecule has 2 rings (SSSR count). The van der Waals surface area contributed by atoms with Gasteiger partial charge in [0.1, 0.15) is 0 Å². The van der Waals surface area contributed by atoms with Gasteiger partial charge < -0.3 is 0 Å². The van der Waals surface area contributed by atoms with Crippen LogP contribution in [0.15, 0.2) is 11.6 Å². The van der Waals surface area contributed by atoms with Crippen molar-refractivity contribution in [1.82, 2.24) is 0 Å². The SMILES string of the molecule is CCCC1CCCC=C1CC1CCCCC1. The van der Waals surface area contributed by atoms with Crippen LogP contribution in [-0.2, 0) is 0 Å². The Morgan fingerprint density at radius 1 is 1.06 bits per heavy atom. The van der Waals surface area contributed by atoms with E-state index >= 15 is 0 Å². The predicted octanol–water partition coefficient (Wildman–Crippen LogP) is 5.48. The van der Waals surface area contributed by atoms with Crippen LogP contribution in [0.1, 0.15) is 77.6 Å². The average Bonchev–Trinajstić information content (AvgIpc) is 2.33. The summed E-state index contributed by atoms with van der Waals surface area (Å²) in [6.45, 7) is 2.34. The van der Waals surface area contributed by atoms with Crippen LogP contribution in [0.4, 0.5) is 0 Å². The van der Waals surface area contributed by atoms with Gasteiger partial charge in [-0.2, -0.15) is 0 Å². The second-order valence-electron chi connectivity index (χ2n) is 5.90. The third-order valence-electron chi connectivity index (χ3n) is 4.57. The van der Waals surface area contributed by atoms with Gasteiger partial charge in [0.15, 0.2) is 0 Å². The number of hydrogen-bond donors (Lipinski definition) is 0. The molecule has 1 fully saturated rings. The van der Waals surface area contributed by atoms with Crippen LogP contribution in [0.3, 0.4) is 0 Å². The molecule has 0 aromatic heterocycles. The van der Waals surface area contributed by atoms with Gasteiger partial charge in [-0.1, -0.05) is 57.1 Å². The first-order chi connectivity index (χ1) is 7.90. The minimum absolute atomic E-state index is 0.959. The quantitative estimate of drug-likeness (QED) is 0.550. The van der Waals surface area contributed by atoms with Crippen LogP contribution >= 0.6 is 0 Å². The first-order valence-electron chi connectivity index (χ1n) is 7.59. The Labute approximate surface area is 102 Å². The maximum absolute atomic E-state index is 2.60. The van der Waals surface area contributed by atoms with Crippen LogP contribution in [0.5, 0.6) is 0 Å². The summed E-state index contributed by atoms with van der Waals surface area (Å²) < 4.78 is 0. The molecule has 16 heavy (non-hydrogen) atoms. The van der Waals surface area contributed by atoms with Crippen LogP contribution < -0.4 is 0 Å². The standard InChI is InChI=1S/C16H28/c1-2-8-15-11-6-7-12-16(15)13-14-9-4-3-5-10-14/h12,14-15H,2-11,13H2,1H3. The molecular weight excluding hydrogens is 192 g/mol. The Balaban J connectivity index is 1.87. The third kappa shape index (κ3) is 3.37. The lowest BCUT2D eigenvalue weighted by Crippen LogP contribution is -2.14. The summed E-state index contributed by atoms with van der Waals surface area (Å²) in [7, 11) is 0. The van der Waals surface area contributed by atoms with E-state index in [4.69, 9.17) is 0 Å². The normalized spacial score (nSPS) is 27.8. The first kappa shape index (κ1) is 12.2. The van der Waals surface area contributed by atoms with Gasteiger partial charge in [-0.05, 0) is 43.9 Å². The predicted molar refractivity (Wildman–Crippen MR) is 71.5 cm³/mol. The fourth-order valence-corrected chi connectivity index (χ4v) is 3.66. The summed E-state index contributed by atoms with van der Waals surface area (Å²) in [5, 5.41) is 0. The van der Waals surface area contributed by atoms with Crippen molar-refractivity contribution in [1.29, 1.82) is 0 Å². The molecule has 0 radical (unpaired) electrons. The molecule has 0 heterocycles. The van der Waals surface area contributed by atoms with Crippen molar-refractivity contribution in [3.8, 4) is 0 Å². The van der Waals surface area contributed by atoms with Crippen molar-refractivity contribution < 1.29 is 0 Å². The zero-order valence-corrected chi connectivity index (χ0v) is 11.0. The third-order valence-corrected chi connectivity index (χ3v) is 4.57. The van der Waals surface area contributed by atoms with E-state index in [0.717, 1.165) is 11.8 Å². The highest BCUT2D eigenvalue weighted by Crippen LogP contribution is 2.36. The fraction of sp³-hybridized carbons (Fsp3) is 0.875. The number of hydrogen-bond acceptors (Lipinski definition) is 0. The molecule has 0 heteroatoms. The van der Waals surface area contributed by atoms with Gasteiger partial charge in [0.25, 0.3) is 0 Å². The zero-order valence-electron chi connectivity index (χ0n) is 11.0. The van der Waals surface area contributed by atoms with Crippen LogP contribution in [-0.4, -0.2) is 0 Å². The summed E-state index contributed by atoms with van der Waals surface area (Å²) in [6, 6.07) is 0. The minimum atomic E-state index is 0.959. The average molecular weight is 220 g/mol. The largest absolute Gasteiger partial charge is 0.0850 e. The van der Waals surface area contributed by atoms with E-state index in [1.807, 2.05) is 5.57 Å².